The topological polar surface area (TPSA) is 41.1 Å². The number of hydrogen-bond donors (Lipinski definition) is 2. The van der Waals surface area contributed by atoms with E-state index < -0.39 is 11.6 Å². The van der Waals surface area contributed by atoms with Crippen LogP contribution in [0.2, 0.25) is 0 Å². The summed E-state index contributed by atoms with van der Waals surface area (Å²) in [6.45, 7) is 0. The maximum atomic E-state index is 13.5. The molecule has 1 saturated heterocycles. The molecule has 2 N–H and O–H groups in total. The zero-order chi connectivity index (χ0) is 18.1. The molecule has 0 spiro atoms. The van der Waals surface area contributed by atoms with Crippen LogP contribution in [0.1, 0.15) is 22.7 Å². The number of carbonyl (C=O) groups excluding carboxylic acids is 1. The van der Waals surface area contributed by atoms with Crippen LogP contribution in [0.25, 0.3) is 0 Å². The molecule has 4 rings (SSSR count). The van der Waals surface area contributed by atoms with Crippen LogP contribution in [0.15, 0.2) is 78.9 Å². The zero-order valence-electron chi connectivity index (χ0n) is 13.7. The summed E-state index contributed by atoms with van der Waals surface area (Å²) in [6.07, 6.45) is 0. The average Bonchev–Trinajstić information content (AvgIpc) is 3.02. The molecule has 1 aliphatic heterocycles. The summed E-state index contributed by atoms with van der Waals surface area (Å²) in [5.74, 6) is -0.729. The molecular formula is C21H16F2N2O. The van der Waals surface area contributed by atoms with E-state index in [1.165, 1.54) is 24.3 Å². The fourth-order valence-electron chi connectivity index (χ4n) is 3.58. The van der Waals surface area contributed by atoms with Crippen LogP contribution in [-0.4, -0.2) is 6.03 Å². The van der Waals surface area contributed by atoms with Crippen LogP contribution >= 0.6 is 0 Å². The first kappa shape index (κ1) is 16.3. The molecule has 3 aromatic rings. The fourth-order valence-corrected chi connectivity index (χ4v) is 3.58. The Bertz CT molecular complexity index is 879. The Morgan fingerprint density at radius 1 is 0.731 bits per heavy atom. The van der Waals surface area contributed by atoms with E-state index in [1.807, 2.05) is 30.3 Å². The van der Waals surface area contributed by atoms with Gasteiger partial charge in [0.25, 0.3) is 0 Å². The Labute approximate surface area is 149 Å². The molecule has 0 aliphatic carbocycles. The van der Waals surface area contributed by atoms with Gasteiger partial charge in [-0.15, -0.1) is 0 Å². The summed E-state index contributed by atoms with van der Waals surface area (Å²) in [5, 5.41) is 5.94. The van der Waals surface area contributed by atoms with Crippen LogP contribution in [-0.2, 0) is 5.54 Å². The predicted octanol–water partition coefficient (Wildman–Crippen LogP) is 4.26. The van der Waals surface area contributed by atoms with Gasteiger partial charge in [0.1, 0.15) is 17.2 Å². The van der Waals surface area contributed by atoms with Crippen LogP contribution in [0.3, 0.4) is 0 Å². The minimum absolute atomic E-state index is 0.340. The standard InChI is InChI=1S/C21H16F2N2O/c22-17-10-6-15(7-11-17)21(16-8-12-18(23)13-9-16)19(24-20(26)25-21)14-4-2-1-3-5-14/h1-13,19H,(H2,24,25,26). The number of benzene rings is 3. The monoisotopic (exact) mass is 350 g/mol. The molecule has 3 nitrogen and oxygen atoms in total. The molecule has 2 amide bonds. The number of nitrogens with one attached hydrogen (secondary N) is 2. The maximum Gasteiger partial charge on any atom is 0.316 e. The van der Waals surface area contributed by atoms with Gasteiger partial charge in [0.15, 0.2) is 0 Å². The van der Waals surface area contributed by atoms with Gasteiger partial charge in [-0.3, -0.25) is 0 Å². The van der Waals surface area contributed by atoms with E-state index in [9.17, 15) is 13.6 Å². The second kappa shape index (κ2) is 6.26. The normalized spacial score (nSPS) is 18.2. The molecule has 1 heterocycles. The van der Waals surface area contributed by atoms with Gasteiger partial charge in [-0.05, 0) is 41.0 Å². The number of hydrogen-bond acceptors (Lipinski definition) is 1. The highest BCUT2D eigenvalue weighted by atomic mass is 19.1. The van der Waals surface area contributed by atoms with E-state index in [2.05, 4.69) is 10.6 Å². The summed E-state index contributed by atoms with van der Waals surface area (Å²) in [7, 11) is 0. The van der Waals surface area contributed by atoms with E-state index >= 15 is 0 Å². The van der Waals surface area contributed by atoms with Gasteiger partial charge < -0.3 is 10.6 Å². The number of halogens is 2. The molecule has 0 aromatic heterocycles. The molecule has 130 valence electrons. The third-order valence-corrected chi connectivity index (χ3v) is 4.75. The number of urea groups is 1. The van der Waals surface area contributed by atoms with Crippen molar-refractivity contribution in [2.45, 2.75) is 11.6 Å². The lowest BCUT2D eigenvalue weighted by atomic mass is 9.75. The van der Waals surface area contributed by atoms with Gasteiger partial charge in [0.05, 0.1) is 6.04 Å². The van der Waals surface area contributed by atoms with Gasteiger partial charge in [0, 0.05) is 0 Å². The van der Waals surface area contributed by atoms with Crippen LogP contribution in [0, 0.1) is 11.6 Å². The summed E-state index contributed by atoms with van der Waals surface area (Å²) >= 11 is 0. The number of rotatable bonds is 3. The summed E-state index contributed by atoms with van der Waals surface area (Å²) < 4.78 is 27.0. The molecule has 3 aromatic carbocycles. The van der Waals surface area contributed by atoms with Crippen molar-refractivity contribution in [3.8, 4) is 0 Å². The second-order valence-electron chi connectivity index (χ2n) is 6.26. The third-order valence-electron chi connectivity index (χ3n) is 4.75. The van der Waals surface area contributed by atoms with Crippen molar-refractivity contribution in [2.75, 3.05) is 0 Å². The first-order valence-electron chi connectivity index (χ1n) is 8.25. The summed E-state index contributed by atoms with van der Waals surface area (Å²) in [5.41, 5.74) is 1.31. The Morgan fingerprint density at radius 3 is 1.73 bits per heavy atom. The lowest BCUT2D eigenvalue weighted by molar-refractivity contribution is 0.246. The smallest absolute Gasteiger partial charge is 0.316 e. The highest BCUT2D eigenvalue weighted by Crippen LogP contribution is 2.44. The largest absolute Gasteiger partial charge is 0.328 e. The fraction of sp³-hybridized carbons (Fsp3) is 0.0952. The quantitative estimate of drug-likeness (QED) is 0.728. The Kier molecular flexibility index (Phi) is 3.92. The van der Waals surface area contributed by atoms with Gasteiger partial charge in [-0.25, -0.2) is 13.6 Å². The third kappa shape index (κ3) is 2.62. The molecule has 0 bridgehead atoms. The first-order chi connectivity index (χ1) is 12.6. The van der Waals surface area contributed by atoms with Crippen molar-refractivity contribution in [2.24, 2.45) is 0 Å². The molecule has 0 radical (unpaired) electrons. The summed E-state index contributed by atoms with van der Waals surface area (Å²) in [6, 6.07) is 20.7. The van der Waals surface area contributed by atoms with Crippen LogP contribution in [0.5, 0.6) is 0 Å². The molecule has 5 heteroatoms. The minimum atomic E-state index is -0.986. The van der Waals surface area contributed by atoms with E-state index in [0.717, 1.165) is 5.56 Å². The van der Waals surface area contributed by atoms with Crippen LogP contribution in [0.4, 0.5) is 13.6 Å². The zero-order valence-corrected chi connectivity index (χ0v) is 13.7. The van der Waals surface area contributed by atoms with E-state index in [1.54, 1.807) is 24.3 Å². The second-order valence-corrected chi connectivity index (χ2v) is 6.26. The van der Waals surface area contributed by atoms with Crippen molar-refractivity contribution in [3.63, 3.8) is 0 Å². The van der Waals surface area contributed by atoms with Crippen molar-refractivity contribution in [3.05, 3.63) is 107 Å². The van der Waals surface area contributed by atoms with Gasteiger partial charge in [-0.2, -0.15) is 0 Å². The molecule has 1 atom stereocenters. The lowest BCUT2D eigenvalue weighted by Gasteiger charge is -2.35. The lowest BCUT2D eigenvalue weighted by Crippen LogP contribution is -2.43. The highest BCUT2D eigenvalue weighted by molar-refractivity contribution is 5.81. The number of carbonyl (C=O) groups is 1. The van der Waals surface area contributed by atoms with E-state index in [-0.39, 0.29) is 17.7 Å². The van der Waals surface area contributed by atoms with Crippen molar-refractivity contribution >= 4 is 6.03 Å². The molecule has 1 unspecified atom stereocenters. The first-order valence-corrected chi connectivity index (χ1v) is 8.25. The molecule has 1 aliphatic rings. The van der Waals surface area contributed by atoms with Crippen molar-refractivity contribution in [1.29, 1.82) is 0 Å². The van der Waals surface area contributed by atoms with E-state index in [0.29, 0.717) is 11.1 Å². The maximum absolute atomic E-state index is 13.5. The molecule has 0 saturated carbocycles. The Morgan fingerprint density at radius 2 is 1.23 bits per heavy atom. The molecular weight excluding hydrogens is 334 g/mol. The van der Waals surface area contributed by atoms with Gasteiger partial charge in [-0.1, -0.05) is 54.6 Å². The minimum Gasteiger partial charge on any atom is -0.328 e. The van der Waals surface area contributed by atoms with Crippen LogP contribution < -0.4 is 10.6 Å². The van der Waals surface area contributed by atoms with Gasteiger partial charge >= 0.3 is 6.03 Å². The highest BCUT2D eigenvalue weighted by Gasteiger charge is 2.49. The van der Waals surface area contributed by atoms with Gasteiger partial charge in [0.2, 0.25) is 0 Å². The summed E-state index contributed by atoms with van der Waals surface area (Å²) in [4.78, 5) is 12.4. The molecule has 26 heavy (non-hydrogen) atoms. The average molecular weight is 350 g/mol. The SMILES string of the molecule is O=C1NC(c2ccccc2)C(c2ccc(F)cc2)(c2ccc(F)cc2)N1. The molecule has 1 fully saturated rings. The predicted molar refractivity (Wildman–Crippen MR) is 94.4 cm³/mol. The Balaban J connectivity index is 1.96. The van der Waals surface area contributed by atoms with Crippen molar-refractivity contribution < 1.29 is 13.6 Å². The van der Waals surface area contributed by atoms with Crippen molar-refractivity contribution in [1.82, 2.24) is 10.6 Å². The number of amides is 2. The van der Waals surface area contributed by atoms with E-state index in [4.69, 9.17) is 0 Å². The Hall–Kier alpha value is -3.21.